The van der Waals surface area contributed by atoms with E-state index in [0.29, 0.717) is 19.1 Å². The van der Waals surface area contributed by atoms with Gasteiger partial charge in [0, 0.05) is 26.2 Å². The quantitative estimate of drug-likeness (QED) is 0.677. The highest BCUT2D eigenvalue weighted by molar-refractivity contribution is 7.89. The van der Waals surface area contributed by atoms with Crippen molar-refractivity contribution >= 4 is 10.0 Å². The summed E-state index contributed by atoms with van der Waals surface area (Å²) >= 11 is 0. The Balaban J connectivity index is 1.63. The molecule has 2 fully saturated rings. The van der Waals surface area contributed by atoms with E-state index in [1.807, 2.05) is 0 Å². The maximum absolute atomic E-state index is 12.2. The van der Waals surface area contributed by atoms with Gasteiger partial charge < -0.3 is 10.1 Å². The molecule has 112 valence electrons. The Morgan fingerprint density at radius 2 is 1.84 bits per heavy atom. The molecule has 0 unspecified atom stereocenters. The van der Waals surface area contributed by atoms with E-state index in [2.05, 4.69) is 5.32 Å². The van der Waals surface area contributed by atoms with Crippen LogP contribution < -0.4 is 5.32 Å². The highest BCUT2D eigenvalue weighted by atomic mass is 32.2. The van der Waals surface area contributed by atoms with Crippen molar-refractivity contribution in [2.75, 3.05) is 32.5 Å². The zero-order valence-corrected chi connectivity index (χ0v) is 12.6. The Hall–Kier alpha value is -0.170. The molecule has 1 saturated heterocycles. The predicted molar refractivity (Wildman–Crippen MR) is 75.6 cm³/mol. The molecule has 6 heteroatoms. The van der Waals surface area contributed by atoms with Crippen molar-refractivity contribution in [1.29, 1.82) is 0 Å². The molecule has 1 saturated carbocycles. The van der Waals surface area contributed by atoms with E-state index in [0.717, 1.165) is 32.2 Å². The molecule has 0 bridgehead atoms. The summed E-state index contributed by atoms with van der Waals surface area (Å²) in [5.41, 5.74) is 0. The van der Waals surface area contributed by atoms with Gasteiger partial charge in [0.2, 0.25) is 10.0 Å². The molecule has 5 nitrogen and oxygen atoms in total. The maximum atomic E-state index is 12.2. The molecule has 1 heterocycles. The molecule has 0 radical (unpaired) electrons. The minimum atomic E-state index is -3.05. The number of rotatable bonds is 8. The van der Waals surface area contributed by atoms with Crippen molar-refractivity contribution in [3.8, 4) is 0 Å². The third-order valence-corrected chi connectivity index (χ3v) is 5.92. The third-order valence-electron chi connectivity index (χ3n) is 3.97. The molecule has 2 aliphatic rings. The van der Waals surface area contributed by atoms with Gasteiger partial charge in [-0.05, 0) is 45.1 Å². The van der Waals surface area contributed by atoms with Gasteiger partial charge in [-0.25, -0.2) is 12.7 Å². The van der Waals surface area contributed by atoms with E-state index in [1.54, 1.807) is 11.4 Å². The summed E-state index contributed by atoms with van der Waals surface area (Å²) in [5.74, 6) is 0.289. The number of unbranched alkanes of at least 4 members (excludes halogenated alkanes) is 1. The second kappa shape index (κ2) is 7.02. The third kappa shape index (κ3) is 5.02. The molecule has 1 aliphatic heterocycles. The summed E-state index contributed by atoms with van der Waals surface area (Å²) in [6.07, 6.45) is 6.14. The van der Waals surface area contributed by atoms with Gasteiger partial charge in [0.05, 0.1) is 11.9 Å². The van der Waals surface area contributed by atoms with Crippen LogP contribution in [0.4, 0.5) is 0 Å². The monoisotopic (exact) mass is 290 g/mol. The molecule has 0 atom stereocenters. The van der Waals surface area contributed by atoms with Crippen LogP contribution >= 0.6 is 0 Å². The van der Waals surface area contributed by atoms with Crippen LogP contribution in [-0.2, 0) is 14.8 Å². The Morgan fingerprint density at radius 1 is 1.16 bits per heavy atom. The summed E-state index contributed by atoms with van der Waals surface area (Å²) < 4.78 is 31.2. The first-order valence-corrected chi connectivity index (χ1v) is 8.97. The summed E-state index contributed by atoms with van der Waals surface area (Å²) in [6.45, 7) is 2.17. The fourth-order valence-electron chi connectivity index (χ4n) is 2.48. The standard InChI is InChI=1S/C13H26N2O3S/c1-18-13-6-9-15(10-7-13)19(16,17)11-3-2-8-14-12-4-5-12/h12-14H,2-11H2,1H3. The number of nitrogens with one attached hydrogen (secondary N) is 1. The number of nitrogens with zero attached hydrogens (tertiary/aromatic N) is 1. The maximum Gasteiger partial charge on any atom is 0.214 e. The summed E-state index contributed by atoms with van der Waals surface area (Å²) in [5, 5.41) is 3.41. The van der Waals surface area contributed by atoms with E-state index in [1.165, 1.54) is 12.8 Å². The van der Waals surface area contributed by atoms with Crippen molar-refractivity contribution in [2.45, 2.75) is 50.7 Å². The number of ether oxygens (including phenoxy) is 1. The van der Waals surface area contributed by atoms with Crippen LogP contribution in [0.2, 0.25) is 0 Å². The van der Waals surface area contributed by atoms with Gasteiger partial charge in [-0.15, -0.1) is 0 Å². The summed E-state index contributed by atoms with van der Waals surface area (Å²) in [6, 6.07) is 0.713. The summed E-state index contributed by atoms with van der Waals surface area (Å²) in [4.78, 5) is 0. The first-order chi connectivity index (χ1) is 9.12. The molecule has 0 aromatic carbocycles. The minimum absolute atomic E-state index is 0.231. The number of hydrogen-bond acceptors (Lipinski definition) is 4. The first-order valence-electron chi connectivity index (χ1n) is 7.36. The van der Waals surface area contributed by atoms with Crippen molar-refractivity contribution in [1.82, 2.24) is 9.62 Å². The minimum Gasteiger partial charge on any atom is -0.381 e. The molecule has 0 amide bonds. The van der Waals surface area contributed by atoms with Crippen LogP contribution in [0, 0.1) is 0 Å². The van der Waals surface area contributed by atoms with E-state index in [4.69, 9.17) is 4.74 Å². The van der Waals surface area contributed by atoms with Gasteiger partial charge in [-0.3, -0.25) is 0 Å². The number of hydrogen-bond donors (Lipinski definition) is 1. The van der Waals surface area contributed by atoms with Crippen LogP contribution in [0.15, 0.2) is 0 Å². The molecule has 1 N–H and O–H groups in total. The van der Waals surface area contributed by atoms with Gasteiger partial charge in [-0.2, -0.15) is 0 Å². The van der Waals surface area contributed by atoms with Crippen molar-refractivity contribution in [2.24, 2.45) is 0 Å². The average molecular weight is 290 g/mol. The highest BCUT2D eigenvalue weighted by Gasteiger charge is 2.27. The number of sulfonamides is 1. The molecule has 19 heavy (non-hydrogen) atoms. The SMILES string of the molecule is COC1CCN(S(=O)(=O)CCCCNC2CC2)CC1. The van der Waals surface area contributed by atoms with Crippen molar-refractivity contribution in [3.05, 3.63) is 0 Å². The molecule has 1 aliphatic carbocycles. The highest BCUT2D eigenvalue weighted by Crippen LogP contribution is 2.19. The van der Waals surface area contributed by atoms with Crippen LogP contribution in [0.5, 0.6) is 0 Å². The topological polar surface area (TPSA) is 58.6 Å². The molecule has 0 aromatic rings. The van der Waals surface area contributed by atoms with E-state index in [9.17, 15) is 8.42 Å². The normalized spacial score (nSPS) is 22.8. The van der Waals surface area contributed by atoms with Gasteiger partial charge in [0.15, 0.2) is 0 Å². The average Bonchev–Trinajstić information content (AvgIpc) is 3.22. The van der Waals surface area contributed by atoms with E-state index in [-0.39, 0.29) is 11.9 Å². The van der Waals surface area contributed by atoms with Gasteiger partial charge in [0.25, 0.3) is 0 Å². The lowest BCUT2D eigenvalue weighted by Crippen LogP contribution is -2.41. The predicted octanol–water partition coefficient (Wildman–Crippen LogP) is 0.959. The Kier molecular flexibility index (Phi) is 5.62. The zero-order valence-electron chi connectivity index (χ0n) is 11.8. The Labute approximate surface area is 116 Å². The lowest BCUT2D eigenvalue weighted by molar-refractivity contribution is 0.0604. The number of methoxy groups -OCH3 is 1. The Morgan fingerprint density at radius 3 is 2.42 bits per heavy atom. The number of piperidine rings is 1. The second-order valence-electron chi connectivity index (χ2n) is 5.59. The summed E-state index contributed by atoms with van der Waals surface area (Å²) in [7, 11) is -1.35. The van der Waals surface area contributed by atoms with Crippen molar-refractivity contribution < 1.29 is 13.2 Å². The second-order valence-corrected chi connectivity index (χ2v) is 7.67. The molecule has 2 rings (SSSR count). The van der Waals surface area contributed by atoms with Crippen LogP contribution in [0.1, 0.15) is 38.5 Å². The largest absolute Gasteiger partial charge is 0.381 e. The van der Waals surface area contributed by atoms with Crippen LogP contribution in [-0.4, -0.2) is 57.4 Å². The zero-order chi connectivity index (χ0) is 13.7. The lowest BCUT2D eigenvalue weighted by Gasteiger charge is -2.30. The van der Waals surface area contributed by atoms with Crippen LogP contribution in [0.25, 0.3) is 0 Å². The smallest absolute Gasteiger partial charge is 0.214 e. The molecule has 0 spiro atoms. The van der Waals surface area contributed by atoms with E-state index >= 15 is 0 Å². The van der Waals surface area contributed by atoms with E-state index < -0.39 is 10.0 Å². The van der Waals surface area contributed by atoms with Crippen molar-refractivity contribution in [3.63, 3.8) is 0 Å². The van der Waals surface area contributed by atoms with Gasteiger partial charge in [0.1, 0.15) is 0 Å². The fraction of sp³-hybridized carbons (Fsp3) is 1.00. The molecular formula is C13H26N2O3S. The first kappa shape index (κ1) is 15.2. The van der Waals surface area contributed by atoms with Gasteiger partial charge >= 0.3 is 0 Å². The van der Waals surface area contributed by atoms with Crippen LogP contribution in [0.3, 0.4) is 0 Å². The molecule has 0 aromatic heterocycles. The Bertz CT molecular complexity index is 360. The van der Waals surface area contributed by atoms with Gasteiger partial charge in [-0.1, -0.05) is 0 Å². The molecular weight excluding hydrogens is 264 g/mol. The lowest BCUT2D eigenvalue weighted by atomic mass is 10.1. The fourth-order valence-corrected chi connectivity index (χ4v) is 4.07.